The smallest absolute Gasteiger partial charge is 0.497 e. The van der Waals surface area contributed by atoms with Crippen LogP contribution in [0.15, 0.2) is 83.2 Å². The number of aromatic nitrogens is 1. The number of thiazole rings is 1. The van der Waals surface area contributed by atoms with Crippen molar-refractivity contribution in [2.45, 2.75) is 25.9 Å². The normalized spacial score (nSPS) is 11.6. The summed E-state index contributed by atoms with van der Waals surface area (Å²) >= 11 is 1.20. The Morgan fingerprint density at radius 2 is 1.65 bits per heavy atom. The Morgan fingerprint density at radius 1 is 0.930 bits per heavy atom. The molecule has 3 amide bonds. The number of rotatable bonds is 11. The summed E-state index contributed by atoms with van der Waals surface area (Å²) in [7, 11) is 2.93. The molecule has 13 heteroatoms. The number of nitrogens with one attached hydrogen (secondary N) is 2. The summed E-state index contributed by atoms with van der Waals surface area (Å²) in [5.41, 5.74) is 2.42. The van der Waals surface area contributed by atoms with E-state index in [9.17, 15) is 22.8 Å². The molecule has 0 aliphatic rings. The second-order valence-electron chi connectivity index (χ2n) is 9.06. The molecule has 226 valence electrons. The largest absolute Gasteiger partial charge is 0.573 e. The van der Waals surface area contributed by atoms with Gasteiger partial charge in [0.25, 0.3) is 5.91 Å². The number of methoxy groups -OCH3 is 2. The van der Waals surface area contributed by atoms with Crippen LogP contribution in [0.25, 0.3) is 11.3 Å². The zero-order valence-corrected chi connectivity index (χ0v) is 24.1. The van der Waals surface area contributed by atoms with Crippen molar-refractivity contribution in [3.63, 3.8) is 0 Å². The van der Waals surface area contributed by atoms with Crippen molar-refractivity contribution in [2.24, 2.45) is 4.99 Å². The van der Waals surface area contributed by atoms with Crippen LogP contribution in [0.2, 0.25) is 0 Å². The van der Waals surface area contributed by atoms with E-state index in [1.54, 1.807) is 28.1 Å². The average Bonchev–Trinajstić information content (AvgIpc) is 3.39. The number of carbonyl (C=O) groups is 2. The van der Waals surface area contributed by atoms with Crippen LogP contribution in [0.3, 0.4) is 0 Å². The summed E-state index contributed by atoms with van der Waals surface area (Å²) in [5.74, 6) is -0.0908. The van der Waals surface area contributed by atoms with Crippen LogP contribution in [0.4, 0.5) is 18.0 Å². The Kier molecular flexibility index (Phi) is 10.4. The second kappa shape index (κ2) is 14.4. The maximum atomic E-state index is 13.2. The monoisotopic (exact) mass is 614 g/mol. The third kappa shape index (κ3) is 8.85. The summed E-state index contributed by atoms with van der Waals surface area (Å²) in [6, 6.07) is 19.3. The summed E-state index contributed by atoms with van der Waals surface area (Å²) in [6.07, 6.45) is -4.33. The highest BCUT2D eigenvalue weighted by Crippen LogP contribution is 2.28. The van der Waals surface area contributed by atoms with Crippen molar-refractivity contribution in [3.05, 3.63) is 94.1 Å². The summed E-state index contributed by atoms with van der Waals surface area (Å²) < 4.78 is 54.2. The molecule has 0 fully saturated rings. The molecule has 0 radical (unpaired) electrons. The van der Waals surface area contributed by atoms with Gasteiger partial charge in [0, 0.05) is 31.1 Å². The summed E-state index contributed by atoms with van der Waals surface area (Å²) in [6.45, 7) is 1.05. The molecule has 0 unspecified atom stereocenters. The van der Waals surface area contributed by atoms with Gasteiger partial charge in [-0.1, -0.05) is 30.3 Å². The van der Waals surface area contributed by atoms with Gasteiger partial charge in [0.15, 0.2) is 4.80 Å². The molecule has 43 heavy (non-hydrogen) atoms. The Morgan fingerprint density at radius 3 is 2.33 bits per heavy atom. The minimum absolute atomic E-state index is 0.232. The van der Waals surface area contributed by atoms with Crippen molar-refractivity contribution in [3.8, 4) is 28.5 Å². The lowest BCUT2D eigenvalue weighted by molar-refractivity contribution is -0.274. The molecule has 9 nitrogen and oxygen atoms in total. The van der Waals surface area contributed by atoms with Crippen LogP contribution in [0.5, 0.6) is 17.2 Å². The third-order valence-electron chi connectivity index (χ3n) is 6.16. The first-order valence-electron chi connectivity index (χ1n) is 13.1. The first-order chi connectivity index (χ1) is 20.7. The van der Waals surface area contributed by atoms with E-state index < -0.39 is 12.3 Å². The highest BCUT2D eigenvalue weighted by atomic mass is 32.1. The molecule has 4 rings (SSSR count). The lowest BCUT2D eigenvalue weighted by Gasteiger charge is -2.12. The molecule has 0 bridgehead atoms. The van der Waals surface area contributed by atoms with E-state index in [-0.39, 0.29) is 17.3 Å². The SMILES string of the molecule is COc1ccc(C(=O)N=c2scc(-c3ccc(OC(F)(F)F)cc3)n2CCCNC(=O)NCc2ccccc2)c(OC)c1. The lowest BCUT2D eigenvalue weighted by Crippen LogP contribution is -2.36. The molecule has 4 aromatic rings. The summed E-state index contributed by atoms with van der Waals surface area (Å²) in [4.78, 5) is 30.2. The van der Waals surface area contributed by atoms with Crippen LogP contribution in [0.1, 0.15) is 22.3 Å². The number of ether oxygens (including phenoxy) is 3. The number of carbonyl (C=O) groups excluding carboxylic acids is 2. The number of alkyl halides is 3. The fourth-order valence-corrected chi connectivity index (χ4v) is 5.03. The predicted octanol–water partition coefficient (Wildman–Crippen LogP) is 5.76. The standard InChI is InChI=1S/C30H29F3N4O5S/c1-40-23-13-14-24(26(17-23)41-2)27(38)36-29-37(16-6-15-34-28(39)35-18-20-7-4-3-5-8-20)25(19-43-29)21-9-11-22(12-10-21)42-30(31,32)33/h3-5,7-14,17,19H,6,15-16,18H2,1-2H3,(H2,34,35,39). The quantitative estimate of drug-likeness (QED) is 0.209. The van der Waals surface area contributed by atoms with Gasteiger partial charge >= 0.3 is 12.4 Å². The molecular weight excluding hydrogens is 585 g/mol. The van der Waals surface area contributed by atoms with Crippen molar-refractivity contribution in [2.75, 3.05) is 20.8 Å². The van der Waals surface area contributed by atoms with Crippen molar-refractivity contribution < 1.29 is 37.0 Å². The Hall–Kier alpha value is -4.78. The van der Waals surface area contributed by atoms with E-state index in [0.29, 0.717) is 53.6 Å². The molecule has 0 atom stereocenters. The minimum Gasteiger partial charge on any atom is -0.497 e. The van der Waals surface area contributed by atoms with Gasteiger partial charge in [-0.05, 0) is 53.9 Å². The number of nitrogens with zero attached hydrogens (tertiary/aromatic N) is 2. The number of amides is 3. The van der Waals surface area contributed by atoms with E-state index in [0.717, 1.165) is 5.56 Å². The molecule has 3 aromatic carbocycles. The van der Waals surface area contributed by atoms with Gasteiger partial charge in [0.05, 0.1) is 25.5 Å². The van der Waals surface area contributed by atoms with Gasteiger partial charge < -0.3 is 29.4 Å². The van der Waals surface area contributed by atoms with E-state index in [1.807, 2.05) is 30.3 Å². The molecule has 0 aliphatic heterocycles. The van der Waals surface area contributed by atoms with E-state index in [2.05, 4.69) is 20.4 Å². The minimum atomic E-state index is -4.81. The van der Waals surface area contributed by atoms with E-state index in [1.165, 1.54) is 49.8 Å². The Labute approximate surface area is 249 Å². The van der Waals surface area contributed by atoms with Gasteiger partial charge in [0.2, 0.25) is 0 Å². The van der Waals surface area contributed by atoms with Crippen LogP contribution in [-0.4, -0.2) is 43.6 Å². The Bertz CT molecular complexity index is 1600. The predicted molar refractivity (Wildman–Crippen MR) is 155 cm³/mol. The van der Waals surface area contributed by atoms with Gasteiger partial charge in [-0.2, -0.15) is 4.99 Å². The van der Waals surface area contributed by atoms with Gasteiger partial charge in [-0.25, -0.2) is 4.79 Å². The number of benzene rings is 3. The van der Waals surface area contributed by atoms with Crippen LogP contribution >= 0.6 is 11.3 Å². The average molecular weight is 615 g/mol. The van der Waals surface area contributed by atoms with Gasteiger partial charge in [-0.3, -0.25) is 4.79 Å². The zero-order chi connectivity index (χ0) is 30.8. The van der Waals surface area contributed by atoms with Crippen LogP contribution in [-0.2, 0) is 13.1 Å². The maximum Gasteiger partial charge on any atom is 0.573 e. The Balaban J connectivity index is 1.54. The van der Waals surface area contributed by atoms with Crippen LogP contribution in [0, 0.1) is 0 Å². The second-order valence-corrected chi connectivity index (χ2v) is 9.90. The maximum absolute atomic E-state index is 13.2. The van der Waals surface area contributed by atoms with E-state index in [4.69, 9.17) is 9.47 Å². The topological polar surface area (TPSA) is 103 Å². The molecule has 2 N–H and O–H groups in total. The number of halogens is 3. The highest BCUT2D eigenvalue weighted by Gasteiger charge is 2.31. The third-order valence-corrected chi connectivity index (χ3v) is 7.02. The molecule has 0 saturated carbocycles. The molecule has 0 aliphatic carbocycles. The molecule has 0 spiro atoms. The zero-order valence-electron chi connectivity index (χ0n) is 23.3. The highest BCUT2D eigenvalue weighted by molar-refractivity contribution is 7.07. The van der Waals surface area contributed by atoms with Gasteiger partial charge in [-0.15, -0.1) is 24.5 Å². The first-order valence-corrected chi connectivity index (χ1v) is 14.0. The molecular formula is C30H29F3N4O5S. The molecule has 1 heterocycles. The van der Waals surface area contributed by atoms with Crippen molar-refractivity contribution in [1.29, 1.82) is 0 Å². The van der Waals surface area contributed by atoms with E-state index >= 15 is 0 Å². The summed E-state index contributed by atoms with van der Waals surface area (Å²) in [5, 5.41) is 7.36. The number of urea groups is 1. The molecule has 1 aromatic heterocycles. The van der Waals surface area contributed by atoms with Gasteiger partial charge in [0.1, 0.15) is 17.2 Å². The number of hydrogen-bond donors (Lipinski definition) is 2. The fourth-order valence-electron chi connectivity index (χ4n) is 4.09. The van der Waals surface area contributed by atoms with Crippen LogP contribution < -0.4 is 29.6 Å². The van der Waals surface area contributed by atoms with Crippen molar-refractivity contribution in [1.82, 2.24) is 15.2 Å². The number of hydrogen-bond acceptors (Lipinski definition) is 6. The van der Waals surface area contributed by atoms with Crippen molar-refractivity contribution >= 4 is 23.3 Å². The fraction of sp³-hybridized carbons (Fsp3) is 0.233. The first kappa shape index (κ1) is 31.2. The lowest BCUT2D eigenvalue weighted by atomic mass is 10.1. The molecule has 0 saturated heterocycles.